The van der Waals surface area contributed by atoms with Gasteiger partial charge in [-0.3, -0.25) is 15.1 Å². The van der Waals surface area contributed by atoms with Gasteiger partial charge in [-0.25, -0.2) is 8.42 Å². The molecule has 2 aliphatic rings. The average molecular weight is 424 g/mol. The maximum Gasteiger partial charge on any atom is 0.293 e. The topological polar surface area (TPSA) is 117 Å². The van der Waals surface area contributed by atoms with Gasteiger partial charge in [-0.2, -0.15) is 0 Å². The van der Waals surface area contributed by atoms with Crippen molar-refractivity contribution in [3.8, 4) is 0 Å². The van der Waals surface area contributed by atoms with Crippen molar-refractivity contribution in [2.45, 2.75) is 30.6 Å². The predicted molar refractivity (Wildman–Crippen MR) is 113 cm³/mol. The van der Waals surface area contributed by atoms with E-state index in [0.717, 1.165) is 43.2 Å². The van der Waals surface area contributed by atoms with Crippen LogP contribution in [0.3, 0.4) is 0 Å². The molecule has 1 heterocycles. The number of anilines is 1. The van der Waals surface area contributed by atoms with Gasteiger partial charge >= 0.3 is 0 Å². The standard InChI is InChI=1S/C19H29N5O4S/c1-20-19(23-12-14-5-3-4-6-15(14)13-23)22-10-9-21-17-8-7-16(29(2,27)28)11-18(17)24(25)26/h7-8,11,14-15,21H,3-6,9-10,12-13H2,1-2H3,(H,20,22). The lowest BCUT2D eigenvalue weighted by Crippen LogP contribution is -2.42. The smallest absolute Gasteiger partial charge is 0.293 e. The highest BCUT2D eigenvalue weighted by Gasteiger charge is 2.35. The highest BCUT2D eigenvalue weighted by Crippen LogP contribution is 2.36. The minimum atomic E-state index is -3.50. The summed E-state index contributed by atoms with van der Waals surface area (Å²) < 4.78 is 23.3. The lowest BCUT2D eigenvalue weighted by molar-refractivity contribution is -0.384. The van der Waals surface area contributed by atoms with Crippen LogP contribution >= 0.6 is 0 Å². The minimum absolute atomic E-state index is 0.0659. The number of benzene rings is 1. The summed E-state index contributed by atoms with van der Waals surface area (Å²) in [5, 5.41) is 17.7. The Kier molecular flexibility index (Phi) is 6.61. The first kappa shape index (κ1) is 21.4. The number of guanidine groups is 1. The number of fused-ring (bicyclic) bond motifs is 1. The molecule has 0 amide bonds. The van der Waals surface area contributed by atoms with Gasteiger partial charge in [0, 0.05) is 45.5 Å². The van der Waals surface area contributed by atoms with Crippen LogP contribution in [0.5, 0.6) is 0 Å². The molecule has 0 radical (unpaired) electrons. The van der Waals surface area contributed by atoms with Crippen molar-refractivity contribution in [3.63, 3.8) is 0 Å². The summed E-state index contributed by atoms with van der Waals surface area (Å²) in [6.07, 6.45) is 6.27. The molecule has 10 heteroatoms. The van der Waals surface area contributed by atoms with E-state index < -0.39 is 14.8 Å². The van der Waals surface area contributed by atoms with Gasteiger partial charge in [-0.15, -0.1) is 0 Å². The summed E-state index contributed by atoms with van der Waals surface area (Å²) in [4.78, 5) is 17.4. The van der Waals surface area contributed by atoms with E-state index in [1.165, 1.54) is 37.8 Å². The van der Waals surface area contributed by atoms with Crippen LogP contribution in [0.4, 0.5) is 11.4 Å². The van der Waals surface area contributed by atoms with Crippen molar-refractivity contribution in [2.24, 2.45) is 16.8 Å². The molecule has 2 unspecified atom stereocenters. The zero-order valence-corrected chi connectivity index (χ0v) is 17.7. The summed E-state index contributed by atoms with van der Waals surface area (Å²) in [6, 6.07) is 3.91. The van der Waals surface area contributed by atoms with Crippen LogP contribution in [0.2, 0.25) is 0 Å². The van der Waals surface area contributed by atoms with Crippen molar-refractivity contribution < 1.29 is 13.3 Å². The van der Waals surface area contributed by atoms with Crippen molar-refractivity contribution in [1.29, 1.82) is 0 Å². The van der Waals surface area contributed by atoms with Gasteiger partial charge in [0.15, 0.2) is 15.8 Å². The molecule has 1 aliphatic carbocycles. The third-order valence-corrected chi connectivity index (χ3v) is 6.92. The van der Waals surface area contributed by atoms with Crippen molar-refractivity contribution in [2.75, 3.05) is 44.8 Å². The minimum Gasteiger partial charge on any atom is -0.378 e. The number of rotatable bonds is 6. The van der Waals surface area contributed by atoms with Crippen LogP contribution < -0.4 is 10.6 Å². The lowest BCUT2D eigenvalue weighted by atomic mass is 9.82. The summed E-state index contributed by atoms with van der Waals surface area (Å²) in [7, 11) is -1.73. The van der Waals surface area contributed by atoms with E-state index in [0.29, 0.717) is 18.8 Å². The molecule has 1 aromatic carbocycles. The van der Waals surface area contributed by atoms with Crippen LogP contribution in [0.1, 0.15) is 25.7 Å². The number of likely N-dealkylation sites (tertiary alicyclic amines) is 1. The fraction of sp³-hybridized carbons (Fsp3) is 0.632. The summed E-state index contributed by atoms with van der Waals surface area (Å²) >= 11 is 0. The Labute approximate surface area is 171 Å². The molecule has 2 N–H and O–H groups in total. The van der Waals surface area contributed by atoms with Crippen LogP contribution in [-0.4, -0.2) is 63.7 Å². The zero-order chi connectivity index (χ0) is 21.0. The van der Waals surface area contributed by atoms with Crippen LogP contribution in [-0.2, 0) is 9.84 Å². The molecule has 0 bridgehead atoms. The normalized spacial score (nSPS) is 22.3. The third-order valence-electron chi connectivity index (χ3n) is 5.81. The van der Waals surface area contributed by atoms with Gasteiger partial charge in [0.25, 0.3) is 5.69 Å². The quantitative estimate of drug-likeness (QED) is 0.237. The monoisotopic (exact) mass is 423 g/mol. The molecule has 0 spiro atoms. The number of aliphatic imine (C=N–C) groups is 1. The van der Waals surface area contributed by atoms with Crippen molar-refractivity contribution >= 4 is 27.2 Å². The number of nitro groups is 1. The molecule has 0 aromatic heterocycles. The first-order valence-electron chi connectivity index (χ1n) is 9.97. The molecule has 160 valence electrons. The third kappa shape index (κ3) is 5.17. The highest BCUT2D eigenvalue weighted by molar-refractivity contribution is 7.90. The van der Waals surface area contributed by atoms with Gasteiger partial charge in [-0.05, 0) is 36.8 Å². The predicted octanol–water partition coefficient (Wildman–Crippen LogP) is 2.11. The van der Waals surface area contributed by atoms with Gasteiger partial charge < -0.3 is 15.5 Å². The molecule has 2 fully saturated rings. The first-order chi connectivity index (χ1) is 13.8. The summed E-state index contributed by atoms with van der Waals surface area (Å²) in [5.74, 6) is 2.39. The average Bonchev–Trinajstić information content (AvgIpc) is 3.11. The lowest BCUT2D eigenvalue weighted by Gasteiger charge is -2.22. The van der Waals surface area contributed by atoms with Crippen molar-refractivity contribution in [3.05, 3.63) is 28.3 Å². The van der Waals surface area contributed by atoms with Crippen molar-refractivity contribution in [1.82, 2.24) is 10.2 Å². The second kappa shape index (κ2) is 8.98. The second-order valence-corrected chi connectivity index (χ2v) is 9.83. The summed E-state index contributed by atoms with van der Waals surface area (Å²) in [6.45, 7) is 3.06. The molecule has 1 aliphatic heterocycles. The number of hydrogen-bond donors (Lipinski definition) is 2. The van der Waals surface area contributed by atoms with Gasteiger partial charge in [0.1, 0.15) is 5.69 Å². The van der Waals surface area contributed by atoms with Gasteiger partial charge in [0.05, 0.1) is 9.82 Å². The molecular weight excluding hydrogens is 394 g/mol. The number of hydrogen-bond acceptors (Lipinski definition) is 6. The number of nitrogens with zero attached hydrogens (tertiary/aromatic N) is 3. The zero-order valence-electron chi connectivity index (χ0n) is 16.9. The molecule has 29 heavy (non-hydrogen) atoms. The molecule has 1 saturated heterocycles. The van der Waals surface area contributed by atoms with E-state index in [9.17, 15) is 18.5 Å². The maximum absolute atomic E-state index is 11.6. The first-order valence-corrected chi connectivity index (χ1v) is 11.9. The van der Waals surface area contributed by atoms with E-state index in [-0.39, 0.29) is 10.6 Å². The Balaban J connectivity index is 1.55. The SMILES string of the molecule is CN=C(NCCNc1ccc(S(C)(=O)=O)cc1[N+](=O)[O-])N1CC2CCCCC2C1. The van der Waals surface area contributed by atoms with E-state index >= 15 is 0 Å². The Hall–Kier alpha value is -2.36. The van der Waals surface area contributed by atoms with Crippen LogP contribution in [0.15, 0.2) is 28.1 Å². The Bertz CT molecular complexity index is 873. The molecule has 1 aromatic rings. The molecule has 1 saturated carbocycles. The van der Waals surface area contributed by atoms with E-state index in [4.69, 9.17) is 0 Å². The largest absolute Gasteiger partial charge is 0.378 e. The molecular formula is C19H29N5O4S. The fourth-order valence-electron chi connectivity index (χ4n) is 4.33. The van der Waals surface area contributed by atoms with Crippen LogP contribution in [0, 0.1) is 22.0 Å². The number of nitrogens with one attached hydrogen (secondary N) is 2. The number of sulfone groups is 1. The maximum atomic E-state index is 11.6. The Morgan fingerprint density at radius 1 is 1.24 bits per heavy atom. The molecule has 9 nitrogen and oxygen atoms in total. The van der Waals surface area contributed by atoms with Crippen LogP contribution in [0.25, 0.3) is 0 Å². The molecule has 2 atom stereocenters. The van der Waals surface area contributed by atoms with E-state index in [1.54, 1.807) is 7.05 Å². The number of nitro benzene ring substituents is 1. The Morgan fingerprint density at radius 3 is 2.45 bits per heavy atom. The van der Waals surface area contributed by atoms with Gasteiger partial charge in [-0.1, -0.05) is 12.8 Å². The fourth-order valence-corrected chi connectivity index (χ4v) is 4.97. The Morgan fingerprint density at radius 2 is 1.90 bits per heavy atom. The highest BCUT2D eigenvalue weighted by atomic mass is 32.2. The molecule has 3 rings (SSSR count). The second-order valence-electron chi connectivity index (χ2n) is 7.82. The summed E-state index contributed by atoms with van der Waals surface area (Å²) in [5.41, 5.74) is 0.0484. The van der Waals surface area contributed by atoms with E-state index in [1.807, 2.05) is 0 Å². The van der Waals surface area contributed by atoms with E-state index in [2.05, 4.69) is 20.5 Å². The van der Waals surface area contributed by atoms with Gasteiger partial charge in [0.2, 0.25) is 0 Å².